The second-order valence-corrected chi connectivity index (χ2v) is 6.56. The van der Waals surface area contributed by atoms with Crippen LogP contribution in [-0.4, -0.2) is 27.3 Å². The van der Waals surface area contributed by atoms with E-state index in [9.17, 15) is 9.18 Å². The summed E-state index contributed by atoms with van der Waals surface area (Å²) in [4.78, 5) is 22.8. The number of halogens is 2. The minimum Gasteiger partial charge on any atom is -0.397 e. The number of carbonyl (C=O) groups is 1. The number of nitrogens with two attached hydrogens (primary N) is 1. The molecule has 3 N–H and O–H groups in total. The van der Waals surface area contributed by atoms with E-state index < -0.39 is 0 Å². The van der Waals surface area contributed by atoms with Gasteiger partial charge in [-0.25, -0.2) is 9.37 Å². The highest BCUT2D eigenvalue weighted by Crippen LogP contribution is 2.34. The number of aromatic nitrogens is 2. The van der Waals surface area contributed by atoms with Crippen LogP contribution in [0.3, 0.4) is 0 Å². The fourth-order valence-corrected chi connectivity index (χ4v) is 3.85. The molecule has 126 valence electrons. The Balaban J connectivity index is 0.00000169. The Kier molecular flexibility index (Phi) is 4.47. The summed E-state index contributed by atoms with van der Waals surface area (Å²) in [5.41, 5.74) is 7.73. The van der Waals surface area contributed by atoms with Gasteiger partial charge in [-0.3, -0.25) is 4.79 Å². The minimum absolute atomic E-state index is 0. The van der Waals surface area contributed by atoms with Gasteiger partial charge in [-0.05, 0) is 42.5 Å². The number of fused-ring (bicyclic) bond motifs is 1. The Hall–Kier alpha value is -2.12. The molecule has 1 aliphatic rings. The molecule has 1 aliphatic heterocycles. The number of thiophene rings is 1. The molecule has 0 spiro atoms. The van der Waals surface area contributed by atoms with E-state index >= 15 is 0 Å². The van der Waals surface area contributed by atoms with E-state index in [1.807, 2.05) is 5.38 Å². The van der Waals surface area contributed by atoms with Crippen molar-refractivity contribution in [2.45, 2.75) is 18.9 Å². The normalized spacial score (nSPS) is 17.2. The van der Waals surface area contributed by atoms with E-state index in [4.69, 9.17) is 5.73 Å². The lowest BCUT2D eigenvalue weighted by atomic mass is 10.2. The highest BCUT2D eigenvalue weighted by atomic mass is 35.5. The number of carbonyl (C=O) groups excluding carboxylic acids is 1. The standard InChI is InChI=1S/C16H15FN4OS.ClH/c17-9-3-4-11-12(8-9)20-15(19-11)13-2-1-6-21(13)16(22)14-10(18)5-7-23-14;/h3-5,7-8,13H,1-2,6,18H2,(H,19,20);1H. The molecule has 1 atom stereocenters. The molecule has 4 rings (SSSR count). The number of nitrogens with one attached hydrogen (secondary N) is 1. The van der Waals surface area contributed by atoms with Crippen LogP contribution in [0.2, 0.25) is 0 Å². The van der Waals surface area contributed by atoms with Crippen molar-refractivity contribution in [2.75, 3.05) is 12.3 Å². The molecule has 8 heteroatoms. The first-order valence-electron chi connectivity index (χ1n) is 7.42. The predicted molar refractivity (Wildman–Crippen MR) is 95.0 cm³/mol. The van der Waals surface area contributed by atoms with E-state index in [0.29, 0.717) is 34.0 Å². The van der Waals surface area contributed by atoms with Crippen LogP contribution in [0.4, 0.5) is 10.1 Å². The molecular formula is C16H16ClFN4OS. The van der Waals surface area contributed by atoms with Gasteiger partial charge in [-0.1, -0.05) is 0 Å². The van der Waals surface area contributed by atoms with Crippen LogP contribution in [0.5, 0.6) is 0 Å². The first-order valence-corrected chi connectivity index (χ1v) is 8.30. The number of imidazole rings is 1. The van der Waals surface area contributed by atoms with E-state index in [2.05, 4.69) is 9.97 Å². The van der Waals surface area contributed by atoms with Crippen molar-refractivity contribution >= 4 is 46.4 Å². The van der Waals surface area contributed by atoms with Crippen molar-refractivity contribution in [3.8, 4) is 0 Å². The van der Waals surface area contributed by atoms with Gasteiger partial charge in [0.25, 0.3) is 5.91 Å². The molecule has 1 aromatic carbocycles. The van der Waals surface area contributed by atoms with Gasteiger partial charge < -0.3 is 15.6 Å². The summed E-state index contributed by atoms with van der Waals surface area (Å²) in [5, 5.41) is 1.82. The largest absolute Gasteiger partial charge is 0.397 e. The molecule has 3 aromatic rings. The first-order chi connectivity index (χ1) is 11.1. The van der Waals surface area contributed by atoms with Crippen LogP contribution < -0.4 is 5.73 Å². The topological polar surface area (TPSA) is 75.0 Å². The van der Waals surface area contributed by atoms with Crippen molar-refractivity contribution in [3.63, 3.8) is 0 Å². The minimum atomic E-state index is -0.307. The number of benzene rings is 1. The van der Waals surface area contributed by atoms with E-state index in [0.717, 1.165) is 12.8 Å². The van der Waals surface area contributed by atoms with Gasteiger partial charge in [0.2, 0.25) is 0 Å². The monoisotopic (exact) mass is 366 g/mol. The second kappa shape index (κ2) is 6.41. The van der Waals surface area contributed by atoms with Gasteiger partial charge in [0.1, 0.15) is 16.5 Å². The molecule has 2 aromatic heterocycles. The average Bonchev–Trinajstić information content (AvgIpc) is 3.23. The highest BCUT2D eigenvalue weighted by Gasteiger charge is 2.33. The summed E-state index contributed by atoms with van der Waals surface area (Å²) in [6, 6.07) is 6.07. The highest BCUT2D eigenvalue weighted by molar-refractivity contribution is 7.12. The van der Waals surface area contributed by atoms with E-state index in [1.54, 1.807) is 17.0 Å². The number of H-pyrrole nitrogens is 1. The van der Waals surface area contributed by atoms with E-state index in [-0.39, 0.29) is 30.2 Å². The van der Waals surface area contributed by atoms with Gasteiger partial charge in [-0.2, -0.15) is 0 Å². The molecule has 0 bridgehead atoms. The van der Waals surface area contributed by atoms with E-state index in [1.165, 1.54) is 23.5 Å². The molecule has 0 aliphatic carbocycles. The van der Waals surface area contributed by atoms with Crippen LogP contribution >= 0.6 is 23.7 Å². The summed E-state index contributed by atoms with van der Waals surface area (Å²) in [6.07, 6.45) is 1.74. The van der Waals surface area contributed by atoms with Gasteiger partial charge in [0, 0.05) is 6.54 Å². The van der Waals surface area contributed by atoms with Gasteiger partial charge in [0.05, 0.1) is 22.8 Å². The third-order valence-electron chi connectivity index (χ3n) is 4.18. The fraction of sp³-hybridized carbons (Fsp3) is 0.250. The summed E-state index contributed by atoms with van der Waals surface area (Å²) in [6.45, 7) is 0.673. The number of nitrogens with zero attached hydrogens (tertiary/aromatic N) is 2. The molecule has 1 saturated heterocycles. The fourth-order valence-electron chi connectivity index (χ4n) is 3.08. The Morgan fingerprint density at radius 2 is 2.25 bits per heavy atom. The second-order valence-electron chi connectivity index (χ2n) is 5.65. The molecule has 0 radical (unpaired) electrons. The number of amides is 1. The Morgan fingerprint density at radius 1 is 1.42 bits per heavy atom. The SMILES string of the molecule is Cl.Nc1ccsc1C(=O)N1CCCC1c1nc2ccc(F)cc2[nH]1. The number of hydrogen-bond acceptors (Lipinski definition) is 4. The Morgan fingerprint density at radius 3 is 3.00 bits per heavy atom. The number of anilines is 1. The first kappa shape index (κ1) is 16.7. The molecule has 1 fully saturated rings. The Labute approximate surface area is 148 Å². The summed E-state index contributed by atoms with van der Waals surface area (Å²) >= 11 is 1.35. The zero-order valence-corrected chi connectivity index (χ0v) is 14.3. The zero-order chi connectivity index (χ0) is 16.0. The number of rotatable bonds is 2. The van der Waals surface area contributed by atoms with Gasteiger partial charge in [0.15, 0.2) is 0 Å². The van der Waals surface area contributed by atoms with Crippen molar-refractivity contribution in [3.05, 3.63) is 46.2 Å². The number of hydrogen-bond donors (Lipinski definition) is 2. The maximum absolute atomic E-state index is 13.3. The molecule has 1 unspecified atom stereocenters. The maximum Gasteiger partial charge on any atom is 0.266 e. The summed E-state index contributed by atoms with van der Waals surface area (Å²) < 4.78 is 13.3. The smallest absolute Gasteiger partial charge is 0.266 e. The summed E-state index contributed by atoms with van der Waals surface area (Å²) in [7, 11) is 0. The lowest BCUT2D eigenvalue weighted by Gasteiger charge is -2.22. The molecule has 1 amide bonds. The molecule has 5 nitrogen and oxygen atoms in total. The van der Waals surface area contributed by atoms with Crippen LogP contribution in [0.1, 0.15) is 34.4 Å². The molecular weight excluding hydrogens is 351 g/mol. The van der Waals surface area contributed by atoms with Crippen LogP contribution in [-0.2, 0) is 0 Å². The number of nitrogen functional groups attached to an aromatic ring is 1. The Bertz CT molecular complexity index is 893. The zero-order valence-electron chi connectivity index (χ0n) is 12.7. The number of aromatic amines is 1. The van der Waals surface area contributed by atoms with Crippen LogP contribution in [0, 0.1) is 5.82 Å². The van der Waals surface area contributed by atoms with Crippen molar-refractivity contribution in [1.82, 2.24) is 14.9 Å². The predicted octanol–water partition coefficient (Wildman–Crippen LogP) is 3.74. The molecule has 3 heterocycles. The van der Waals surface area contributed by atoms with Gasteiger partial charge >= 0.3 is 0 Å². The maximum atomic E-state index is 13.3. The molecule has 0 saturated carbocycles. The van der Waals surface area contributed by atoms with Gasteiger partial charge in [-0.15, -0.1) is 23.7 Å². The van der Waals surface area contributed by atoms with Crippen molar-refractivity contribution < 1.29 is 9.18 Å². The van der Waals surface area contributed by atoms with Crippen molar-refractivity contribution in [1.29, 1.82) is 0 Å². The summed E-state index contributed by atoms with van der Waals surface area (Å²) in [5.74, 6) is 0.330. The quantitative estimate of drug-likeness (QED) is 0.725. The lowest BCUT2D eigenvalue weighted by molar-refractivity contribution is 0.0736. The van der Waals surface area contributed by atoms with Crippen molar-refractivity contribution in [2.24, 2.45) is 0 Å². The third-order valence-corrected chi connectivity index (χ3v) is 5.10. The lowest BCUT2D eigenvalue weighted by Crippen LogP contribution is -2.31. The molecule has 24 heavy (non-hydrogen) atoms. The number of likely N-dealkylation sites (tertiary alicyclic amines) is 1. The third kappa shape index (κ3) is 2.74. The van der Waals surface area contributed by atoms with Crippen LogP contribution in [0.15, 0.2) is 29.6 Å². The van der Waals surface area contributed by atoms with Crippen LogP contribution in [0.25, 0.3) is 11.0 Å². The average molecular weight is 367 g/mol.